The van der Waals surface area contributed by atoms with Crippen LogP contribution in [0.15, 0.2) is 36.4 Å². The number of carbonyl (C=O) groups is 1. The first-order valence-electron chi connectivity index (χ1n) is 10.9. The highest BCUT2D eigenvalue weighted by atomic mass is 16.6. The molecule has 162 valence electrons. The van der Waals surface area contributed by atoms with E-state index in [1.54, 1.807) is 12.1 Å². The fraction of sp³-hybridized carbons (Fsp3) is 0.458. The molecule has 1 aliphatic carbocycles. The number of phenolic OH excluding ortho intramolecular Hbond substituents is 1. The Morgan fingerprint density at radius 3 is 2.61 bits per heavy atom. The molecule has 7 nitrogen and oxygen atoms in total. The third kappa shape index (κ3) is 3.84. The molecule has 0 bridgehead atoms. The smallest absolute Gasteiger partial charge is 0.410 e. The second-order valence-corrected chi connectivity index (χ2v) is 9.60. The molecule has 1 aliphatic heterocycles. The molecule has 7 heteroatoms. The summed E-state index contributed by atoms with van der Waals surface area (Å²) in [5.41, 5.74) is 3.97. The lowest BCUT2D eigenvalue weighted by Crippen LogP contribution is -2.35. The van der Waals surface area contributed by atoms with E-state index in [9.17, 15) is 9.90 Å². The highest BCUT2D eigenvalue weighted by molar-refractivity contribution is 5.82. The molecule has 3 heterocycles. The van der Waals surface area contributed by atoms with Crippen molar-refractivity contribution in [2.45, 2.75) is 57.6 Å². The molecule has 0 spiro atoms. The quantitative estimate of drug-likeness (QED) is 0.654. The highest BCUT2D eigenvalue weighted by Crippen LogP contribution is 2.43. The van der Waals surface area contributed by atoms with Gasteiger partial charge in [0.15, 0.2) is 0 Å². The van der Waals surface area contributed by atoms with Gasteiger partial charge in [-0.1, -0.05) is 12.1 Å². The van der Waals surface area contributed by atoms with E-state index in [0.29, 0.717) is 30.4 Å². The van der Waals surface area contributed by atoms with E-state index < -0.39 is 5.60 Å². The lowest BCUT2D eigenvalue weighted by molar-refractivity contribution is 0.0292. The van der Waals surface area contributed by atoms with Crippen LogP contribution in [-0.2, 0) is 4.74 Å². The SMILES string of the molecule is CC(C)(C)OC(=O)N1CC[C@@H](c2cc3nnc(-c4ccccc4O)cc3n2C2CC2)C1. The molecule has 0 radical (unpaired) electrons. The molecule has 5 rings (SSSR count). The van der Waals surface area contributed by atoms with Crippen molar-refractivity contribution in [1.82, 2.24) is 19.7 Å². The Balaban J connectivity index is 1.48. The number of rotatable bonds is 3. The summed E-state index contributed by atoms with van der Waals surface area (Å²) in [4.78, 5) is 14.3. The first-order valence-corrected chi connectivity index (χ1v) is 10.9. The minimum absolute atomic E-state index is 0.199. The molecule has 1 aromatic carbocycles. The van der Waals surface area contributed by atoms with Crippen molar-refractivity contribution < 1.29 is 14.6 Å². The summed E-state index contributed by atoms with van der Waals surface area (Å²) < 4.78 is 7.95. The van der Waals surface area contributed by atoms with Crippen LogP contribution in [0.2, 0.25) is 0 Å². The molecule has 2 fully saturated rings. The predicted octanol–water partition coefficient (Wildman–Crippen LogP) is 4.86. The number of hydrogen-bond acceptors (Lipinski definition) is 5. The van der Waals surface area contributed by atoms with Crippen LogP contribution in [0.25, 0.3) is 22.3 Å². The van der Waals surface area contributed by atoms with Crippen molar-refractivity contribution in [3.05, 3.63) is 42.1 Å². The topological polar surface area (TPSA) is 80.5 Å². The predicted molar refractivity (Wildman–Crippen MR) is 118 cm³/mol. The van der Waals surface area contributed by atoms with Crippen molar-refractivity contribution in [1.29, 1.82) is 0 Å². The van der Waals surface area contributed by atoms with Crippen molar-refractivity contribution >= 4 is 17.1 Å². The summed E-state index contributed by atoms with van der Waals surface area (Å²) in [6.45, 7) is 7.02. The van der Waals surface area contributed by atoms with E-state index in [1.165, 1.54) is 5.69 Å². The maximum Gasteiger partial charge on any atom is 0.410 e. The van der Waals surface area contributed by atoms with E-state index in [1.807, 2.05) is 43.9 Å². The number of amides is 1. The van der Waals surface area contributed by atoms with Crippen LogP contribution in [0.5, 0.6) is 5.75 Å². The first kappa shape index (κ1) is 19.8. The fourth-order valence-corrected chi connectivity index (χ4v) is 4.41. The first-order chi connectivity index (χ1) is 14.8. The van der Waals surface area contributed by atoms with Gasteiger partial charge in [-0.05, 0) is 64.3 Å². The normalized spacial score (nSPS) is 19.2. The second kappa shape index (κ2) is 7.25. The van der Waals surface area contributed by atoms with Crippen molar-refractivity contribution in [3.63, 3.8) is 0 Å². The highest BCUT2D eigenvalue weighted by Gasteiger charge is 2.35. The largest absolute Gasteiger partial charge is 0.507 e. The average molecular weight is 421 g/mol. The Morgan fingerprint density at radius 1 is 1.13 bits per heavy atom. The molecule has 2 aromatic heterocycles. The summed E-state index contributed by atoms with van der Waals surface area (Å²) in [7, 11) is 0. The molecule has 0 unspecified atom stereocenters. The van der Waals surface area contributed by atoms with Crippen LogP contribution >= 0.6 is 0 Å². The lowest BCUT2D eigenvalue weighted by atomic mass is 10.1. The number of aromatic nitrogens is 3. The van der Waals surface area contributed by atoms with Gasteiger partial charge >= 0.3 is 6.09 Å². The Hall–Kier alpha value is -3.09. The number of para-hydroxylation sites is 1. The summed E-state index contributed by atoms with van der Waals surface area (Å²) in [6, 6.07) is 11.8. The minimum Gasteiger partial charge on any atom is -0.507 e. The van der Waals surface area contributed by atoms with Crippen molar-refractivity contribution in [3.8, 4) is 17.0 Å². The molecular formula is C24H28N4O3. The molecule has 2 aliphatic rings. The van der Waals surface area contributed by atoms with Gasteiger partial charge in [0, 0.05) is 36.3 Å². The zero-order valence-electron chi connectivity index (χ0n) is 18.2. The van der Waals surface area contributed by atoms with E-state index >= 15 is 0 Å². The average Bonchev–Trinajstić information content (AvgIpc) is 3.29. The molecule has 1 N–H and O–H groups in total. The standard InChI is InChI=1S/C24H28N4O3/c1-24(2,3)31-23(30)27-11-10-15(14-27)20-13-19-21(28(20)16-8-9-16)12-18(25-26-19)17-6-4-5-7-22(17)29/h4-7,12-13,15-16,29H,8-11,14H2,1-3H3/t15-/m1/s1. The molecular weight excluding hydrogens is 392 g/mol. The maximum absolute atomic E-state index is 12.5. The maximum atomic E-state index is 12.5. The molecule has 1 saturated heterocycles. The Morgan fingerprint density at radius 2 is 1.90 bits per heavy atom. The summed E-state index contributed by atoms with van der Waals surface area (Å²) in [5.74, 6) is 0.445. The van der Waals surface area contributed by atoms with Gasteiger partial charge in [0.25, 0.3) is 0 Å². The van der Waals surface area contributed by atoms with Crippen LogP contribution in [0.4, 0.5) is 4.79 Å². The summed E-state index contributed by atoms with van der Waals surface area (Å²) in [6.07, 6.45) is 2.95. The van der Waals surface area contributed by atoms with E-state index in [4.69, 9.17) is 4.74 Å². The van der Waals surface area contributed by atoms with Crippen LogP contribution in [0.3, 0.4) is 0 Å². The molecule has 1 atom stereocenters. The summed E-state index contributed by atoms with van der Waals surface area (Å²) >= 11 is 0. The van der Waals surface area contributed by atoms with Gasteiger partial charge in [0.1, 0.15) is 16.9 Å². The lowest BCUT2D eigenvalue weighted by Gasteiger charge is -2.24. The number of aromatic hydroxyl groups is 1. The molecule has 1 saturated carbocycles. The van der Waals surface area contributed by atoms with Crippen LogP contribution in [-0.4, -0.2) is 49.6 Å². The van der Waals surface area contributed by atoms with Gasteiger partial charge in [0.2, 0.25) is 0 Å². The number of carbonyl (C=O) groups excluding carboxylic acids is 1. The van der Waals surface area contributed by atoms with E-state index in [0.717, 1.165) is 30.3 Å². The van der Waals surface area contributed by atoms with E-state index in [2.05, 4.69) is 20.8 Å². The van der Waals surface area contributed by atoms with Crippen LogP contribution in [0.1, 0.15) is 57.7 Å². The van der Waals surface area contributed by atoms with E-state index in [-0.39, 0.29) is 17.8 Å². The Kier molecular flexibility index (Phi) is 4.64. The number of nitrogens with zero attached hydrogens (tertiary/aromatic N) is 4. The molecule has 3 aromatic rings. The van der Waals surface area contributed by atoms with Crippen LogP contribution in [0, 0.1) is 0 Å². The van der Waals surface area contributed by atoms with Crippen molar-refractivity contribution in [2.75, 3.05) is 13.1 Å². The Bertz CT molecular complexity index is 1140. The monoisotopic (exact) mass is 420 g/mol. The fourth-order valence-electron chi connectivity index (χ4n) is 4.41. The van der Waals surface area contributed by atoms with Crippen LogP contribution < -0.4 is 0 Å². The molecule has 31 heavy (non-hydrogen) atoms. The summed E-state index contributed by atoms with van der Waals surface area (Å²) in [5, 5.41) is 19.1. The zero-order valence-corrected chi connectivity index (χ0v) is 18.2. The van der Waals surface area contributed by atoms with Gasteiger partial charge in [0.05, 0.1) is 11.2 Å². The zero-order chi connectivity index (χ0) is 21.8. The number of likely N-dealkylation sites (tertiary alicyclic amines) is 1. The third-order valence-electron chi connectivity index (χ3n) is 5.97. The van der Waals surface area contributed by atoms with Crippen molar-refractivity contribution in [2.24, 2.45) is 0 Å². The second-order valence-electron chi connectivity index (χ2n) is 9.60. The number of fused-ring (bicyclic) bond motifs is 1. The van der Waals surface area contributed by atoms with Gasteiger partial charge in [-0.3, -0.25) is 0 Å². The number of ether oxygens (including phenoxy) is 1. The number of phenols is 1. The van der Waals surface area contributed by atoms with Gasteiger partial charge in [-0.25, -0.2) is 4.79 Å². The Labute approximate surface area is 181 Å². The number of hydrogen-bond donors (Lipinski definition) is 1. The van der Waals surface area contributed by atoms with Gasteiger partial charge in [-0.15, -0.1) is 10.2 Å². The minimum atomic E-state index is -0.493. The van der Waals surface area contributed by atoms with Gasteiger partial charge in [-0.2, -0.15) is 0 Å². The third-order valence-corrected chi connectivity index (χ3v) is 5.97. The number of benzene rings is 1. The van der Waals surface area contributed by atoms with Gasteiger partial charge < -0.3 is 19.3 Å². The molecule has 1 amide bonds.